The van der Waals surface area contributed by atoms with E-state index in [-0.39, 0.29) is 23.4 Å². The van der Waals surface area contributed by atoms with Crippen molar-refractivity contribution in [3.05, 3.63) is 59.2 Å². The maximum absolute atomic E-state index is 13.4. The van der Waals surface area contributed by atoms with Crippen LogP contribution in [0.15, 0.2) is 47.4 Å². The molecule has 0 saturated heterocycles. The second-order valence-electron chi connectivity index (χ2n) is 7.59. The number of nitrogens with zero attached hydrogens (tertiary/aromatic N) is 1. The molecule has 0 heterocycles. The van der Waals surface area contributed by atoms with Gasteiger partial charge >= 0.3 is 0 Å². The maximum Gasteiger partial charge on any atom is 0.264 e. The van der Waals surface area contributed by atoms with E-state index in [0.29, 0.717) is 5.69 Å². The lowest BCUT2D eigenvalue weighted by Gasteiger charge is -2.27. The molecular formula is C22H28N2O3S. The Hall–Kier alpha value is -2.34. The molecule has 5 nitrogen and oxygen atoms in total. The summed E-state index contributed by atoms with van der Waals surface area (Å²) in [6.07, 6.45) is 4.13. The molecule has 0 radical (unpaired) electrons. The van der Waals surface area contributed by atoms with Gasteiger partial charge < -0.3 is 5.32 Å². The zero-order valence-corrected chi connectivity index (χ0v) is 17.6. The summed E-state index contributed by atoms with van der Waals surface area (Å²) in [5.41, 5.74) is 3.36. The first kappa shape index (κ1) is 20.4. The van der Waals surface area contributed by atoms with Crippen LogP contribution in [0.1, 0.15) is 42.4 Å². The molecule has 0 atom stereocenters. The molecule has 1 amide bonds. The normalized spacial score (nSPS) is 14.8. The third kappa shape index (κ3) is 4.38. The van der Waals surface area contributed by atoms with Crippen molar-refractivity contribution < 1.29 is 13.2 Å². The Balaban J connectivity index is 1.97. The molecule has 1 fully saturated rings. The van der Waals surface area contributed by atoms with Crippen molar-refractivity contribution in [2.24, 2.45) is 0 Å². The van der Waals surface area contributed by atoms with Crippen molar-refractivity contribution in [1.82, 2.24) is 5.32 Å². The summed E-state index contributed by atoms with van der Waals surface area (Å²) in [6.45, 7) is 5.51. The number of hydrogen-bond acceptors (Lipinski definition) is 3. The zero-order valence-electron chi connectivity index (χ0n) is 16.7. The minimum Gasteiger partial charge on any atom is -0.352 e. The molecule has 0 bridgehead atoms. The van der Waals surface area contributed by atoms with Crippen molar-refractivity contribution in [3.63, 3.8) is 0 Å². The summed E-state index contributed by atoms with van der Waals surface area (Å²) >= 11 is 0. The standard InChI is InChI=1S/C22H28N2O3S/c1-16-11-13-20(14-12-16)28(26,27)24(21-10-6-7-17(2)18(21)3)15-22(25)23-19-8-4-5-9-19/h6-7,10-14,19H,4-5,8-9,15H2,1-3H3,(H,23,25). The molecule has 0 unspecified atom stereocenters. The Morgan fingerprint density at radius 3 is 2.32 bits per heavy atom. The summed E-state index contributed by atoms with van der Waals surface area (Å²) in [6, 6.07) is 12.4. The van der Waals surface area contributed by atoms with Crippen molar-refractivity contribution in [2.45, 2.75) is 57.4 Å². The number of aryl methyl sites for hydroxylation is 2. The smallest absolute Gasteiger partial charge is 0.264 e. The van der Waals surface area contributed by atoms with Crippen LogP contribution < -0.4 is 9.62 Å². The van der Waals surface area contributed by atoms with E-state index in [0.717, 1.165) is 42.4 Å². The van der Waals surface area contributed by atoms with E-state index in [2.05, 4.69) is 5.32 Å². The Kier molecular flexibility index (Phi) is 6.08. The quantitative estimate of drug-likeness (QED) is 0.800. The lowest BCUT2D eigenvalue weighted by molar-refractivity contribution is -0.120. The zero-order chi connectivity index (χ0) is 20.3. The molecule has 0 aliphatic heterocycles. The predicted molar refractivity (Wildman–Crippen MR) is 112 cm³/mol. The fourth-order valence-electron chi connectivity index (χ4n) is 3.62. The molecular weight excluding hydrogens is 372 g/mol. The third-order valence-electron chi connectivity index (χ3n) is 5.46. The summed E-state index contributed by atoms with van der Waals surface area (Å²) in [5, 5.41) is 3.00. The van der Waals surface area contributed by atoms with Crippen LogP contribution in [0.5, 0.6) is 0 Å². The van der Waals surface area contributed by atoms with E-state index >= 15 is 0 Å². The van der Waals surface area contributed by atoms with E-state index in [1.165, 1.54) is 4.31 Å². The van der Waals surface area contributed by atoms with Crippen LogP contribution >= 0.6 is 0 Å². The van der Waals surface area contributed by atoms with Crippen LogP contribution in [0, 0.1) is 20.8 Å². The molecule has 2 aromatic rings. The monoisotopic (exact) mass is 400 g/mol. The predicted octanol–water partition coefficient (Wildman–Crippen LogP) is 3.87. The lowest BCUT2D eigenvalue weighted by atomic mass is 10.1. The number of hydrogen-bond donors (Lipinski definition) is 1. The van der Waals surface area contributed by atoms with E-state index in [4.69, 9.17) is 0 Å². The van der Waals surface area contributed by atoms with Crippen molar-refractivity contribution in [1.29, 1.82) is 0 Å². The van der Waals surface area contributed by atoms with Crippen LogP contribution in [-0.2, 0) is 14.8 Å². The van der Waals surface area contributed by atoms with Gasteiger partial charge in [-0.2, -0.15) is 0 Å². The number of sulfonamides is 1. The van der Waals surface area contributed by atoms with Gasteiger partial charge in [0.25, 0.3) is 10.0 Å². The minimum absolute atomic E-state index is 0.148. The summed E-state index contributed by atoms with van der Waals surface area (Å²) in [4.78, 5) is 12.9. The molecule has 0 spiro atoms. The number of carbonyl (C=O) groups excluding carboxylic acids is 1. The number of amides is 1. The molecule has 2 aromatic carbocycles. The van der Waals surface area contributed by atoms with E-state index in [9.17, 15) is 13.2 Å². The van der Waals surface area contributed by atoms with Crippen LogP contribution in [0.25, 0.3) is 0 Å². The molecule has 0 aromatic heterocycles. The van der Waals surface area contributed by atoms with Gasteiger partial charge in [-0.15, -0.1) is 0 Å². The average Bonchev–Trinajstić information content (AvgIpc) is 3.15. The van der Waals surface area contributed by atoms with Gasteiger partial charge in [0.1, 0.15) is 6.54 Å². The Labute approximate surface area is 167 Å². The van der Waals surface area contributed by atoms with Gasteiger partial charge in [0.2, 0.25) is 5.91 Å². The van der Waals surface area contributed by atoms with Gasteiger partial charge in [-0.3, -0.25) is 9.10 Å². The topological polar surface area (TPSA) is 66.5 Å². The number of anilines is 1. The molecule has 28 heavy (non-hydrogen) atoms. The highest BCUT2D eigenvalue weighted by molar-refractivity contribution is 7.92. The molecule has 1 aliphatic carbocycles. The molecule has 3 rings (SSSR count). The Bertz CT molecular complexity index is 946. The van der Waals surface area contributed by atoms with Gasteiger partial charge in [0.05, 0.1) is 10.6 Å². The summed E-state index contributed by atoms with van der Waals surface area (Å²) in [7, 11) is -3.87. The van der Waals surface area contributed by atoms with Crippen LogP contribution in [0.3, 0.4) is 0 Å². The molecule has 1 N–H and O–H groups in total. The van der Waals surface area contributed by atoms with Crippen molar-refractivity contribution in [3.8, 4) is 0 Å². The first-order chi connectivity index (χ1) is 13.3. The number of nitrogens with one attached hydrogen (secondary N) is 1. The van der Waals surface area contributed by atoms with Gasteiger partial charge in [0, 0.05) is 6.04 Å². The second kappa shape index (κ2) is 8.35. The fraction of sp³-hybridized carbons (Fsp3) is 0.409. The summed E-state index contributed by atoms with van der Waals surface area (Å²) in [5.74, 6) is -0.261. The Morgan fingerprint density at radius 1 is 1.04 bits per heavy atom. The first-order valence-electron chi connectivity index (χ1n) is 9.74. The Morgan fingerprint density at radius 2 is 1.68 bits per heavy atom. The van der Waals surface area contributed by atoms with Crippen molar-refractivity contribution >= 4 is 21.6 Å². The molecule has 150 valence electrons. The number of rotatable bonds is 6. The van der Waals surface area contributed by atoms with Gasteiger partial charge in [-0.25, -0.2) is 8.42 Å². The lowest BCUT2D eigenvalue weighted by Crippen LogP contribution is -2.44. The van der Waals surface area contributed by atoms with Crippen LogP contribution in [0.4, 0.5) is 5.69 Å². The highest BCUT2D eigenvalue weighted by Crippen LogP contribution is 2.28. The highest BCUT2D eigenvalue weighted by atomic mass is 32.2. The minimum atomic E-state index is -3.87. The van der Waals surface area contributed by atoms with E-state index < -0.39 is 10.0 Å². The van der Waals surface area contributed by atoms with Crippen LogP contribution in [0.2, 0.25) is 0 Å². The largest absolute Gasteiger partial charge is 0.352 e. The van der Waals surface area contributed by atoms with Gasteiger partial charge in [-0.05, 0) is 62.9 Å². The average molecular weight is 401 g/mol. The number of benzene rings is 2. The highest BCUT2D eigenvalue weighted by Gasteiger charge is 2.29. The number of carbonyl (C=O) groups is 1. The molecule has 6 heteroatoms. The molecule has 1 aliphatic rings. The SMILES string of the molecule is Cc1ccc(S(=O)(=O)N(CC(=O)NC2CCCC2)c2cccc(C)c2C)cc1. The van der Waals surface area contributed by atoms with E-state index in [1.54, 1.807) is 30.3 Å². The third-order valence-corrected chi connectivity index (χ3v) is 7.24. The van der Waals surface area contributed by atoms with Crippen molar-refractivity contribution in [2.75, 3.05) is 10.8 Å². The van der Waals surface area contributed by atoms with Crippen LogP contribution in [-0.4, -0.2) is 26.9 Å². The van der Waals surface area contributed by atoms with Gasteiger partial charge in [-0.1, -0.05) is 42.7 Å². The van der Waals surface area contributed by atoms with Gasteiger partial charge in [0.15, 0.2) is 0 Å². The maximum atomic E-state index is 13.4. The first-order valence-corrected chi connectivity index (χ1v) is 11.2. The summed E-state index contributed by atoms with van der Waals surface area (Å²) < 4.78 is 28.1. The second-order valence-corrected chi connectivity index (χ2v) is 9.45. The van der Waals surface area contributed by atoms with E-state index in [1.807, 2.05) is 32.9 Å². The fourth-order valence-corrected chi connectivity index (χ4v) is 5.10. The molecule has 1 saturated carbocycles.